The topological polar surface area (TPSA) is 295 Å². The molecule has 64 heavy (non-hydrogen) atoms. The Morgan fingerprint density at radius 2 is 1.12 bits per heavy atom. The van der Waals surface area contributed by atoms with Crippen LogP contribution in [0.4, 0.5) is 16.4 Å². The van der Waals surface area contributed by atoms with E-state index >= 15 is 0 Å². The summed E-state index contributed by atoms with van der Waals surface area (Å²) in [7, 11) is 0. The molecule has 8 rings (SSSR count). The zero-order valence-electron chi connectivity index (χ0n) is 37.1. The summed E-state index contributed by atoms with van der Waals surface area (Å²) in [5, 5.41) is 77.0. The summed E-state index contributed by atoms with van der Waals surface area (Å²) in [6.07, 6.45) is -3.81. The molecule has 2 saturated carbocycles. The summed E-state index contributed by atoms with van der Waals surface area (Å²) in [5.74, 6) is -0.0786. The first-order valence-electron chi connectivity index (χ1n) is 22.4. The summed E-state index contributed by atoms with van der Waals surface area (Å²) < 4.78 is 29.2. The van der Waals surface area contributed by atoms with Crippen molar-refractivity contribution in [1.82, 2.24) is 29.2 Å². The Kier molecular flexibility index (Phi) is 11.8. The monoisotopic (exact) mass is 884 g/mol. The van der Waals surface area contributed by atoms with E-state index in [1.807, 2.05) is 27.7 Å². The van der Waals surface area contributed by atoms with Crippen LogP contribution in [0.2, 0.25) is 0 Å². The van der Waals surface area contributed by atoms with Crippen LogP contribution in [0, 0.1) is 58.2 Å². The van der Waals surface area contributed by atoms with Crippen molar-refractivity contribution in [2.75, 3.05) is 11.5 Å². The van der Waals surface area contributed by atoms with Gasteiger partial charge in [0.15, 0.2) is 11.6 Å². The molecule has 8 N–H and O–H groups in total. The fourth-order valence-corrected chi connectivity index (χ4v) is 12.0. The van der Waals surface area contributed by atoms with Crippen LogP contribution in [0.1, 0.15) is 104 Å². The number of aliphatic hydroxyl groups excluding tert-OH is 4. The highest BCUT2D eigenvalue weighted by Crippen LogP contribution is 2.53. The van der Waals surface area contributed by atoms with Crippen molar-refractivity contribution in [2.24, 2.45) is 35.5 Å². The smallest absolute Gasteiger partial charge is 0.427 e. The fraction of sp³-hybridized carbons (Fsp3) is 0.667. The highest BCUT2D eigenvalue weighted by molar-refractivity contribution is 5.67. The molecule has 4 fully saturated rings. The Hall–Kier alpha value is -5.15. The minimum atomic E-state index is -2.07. The van der Waals surface area contributed by atoms with Gasteiger partial charge in [0.25, 0.3) is 0 Å². The van der Waals surface area contributed by atoms with Crippen LogP contribution in [0.5, 0.6) is 0 Å². The predicted octanol–water partition coefficient (Wildman–Crippen LogP) is 3.91. The van der Waals surface area contributed by atoms with E-state index in [1.165, 1.54) is 21.7 Å². The second-order valence-corrected chi connectivity index (χ2v) is 19.7. The Bertz CT molecular complexity index is 2300. The number of aromatic nitrogens is 6. The molecule has 0 aromatic carbocycles. The zero-order chi connectivity index (χ0) is 46.1. The quantitative estimate of drug-likeness (QED) is 0.123. The number of hydrogen-bond donors (Lipinski definition) is 6. The molecule has 0 unspecified atom stereocenters. The summed E-state index contributed by atoms with van der Waals surface area (Å²) in [6, 6.07) is 10.5. The molecule has 2 aliphatic carbocycles. The molecule has 344 valence electrons. The van der Waals surface area contributed by atoms with Gasteiger partial charge in [0, 0.05) is 24.7 Å². The molecule has 6 heterocycles. The Labute approximate surface area is 371 Å². The van der Waals surface area contributed by atoms with Crippen LogP contribution in [-0.4, -0.2) is 104 Å². The van der Waals surface area contributed by atoms with Gasteiger partial charge in [0.1, 0.15) is 71.4 Å². The molecule has 0 amide bonds. The van der Waals surface area contributed by atoms with E-state index in [0.717, 1.165) is 12.8 Å². The normalized spacial score (nSPS) is 37.8. The molecule has 19 nitrogen and oxygen atoms in total. The summed E-state index contributed by atoms with van der Waals surface area (Å²) >= 11 is 0. The molecule has 0 radical (unpaired) electrons. The molecule has 19 heteroatoms. The third kappa shape index (κ3) is 7.21. The first kappa shape index (κ1) is 45.4. The molecule has 0 bridgehead atoms. The van der Waals surface area contributed by atoms with Gasteiger partial charge in [-0.25, -0.2) is 23.8 Å². The maximum absolute atomic E-state index is 15.0. The number of ether oxygens (including phenoxy) is 4. The van der Waals surface area contributed by atoms with E-state index in [0.29, 0.717) is 36.7 Å². The van der Waals surface area contributed by atoms with Crippen LogP contribution in [0.15, 0.2) is 36.9 Å². The van der Waals surface area contributed by atoms with Crippen molar-refractivity contribution in [3.8, 4) is 12.1 Å². The standard InChI is InChI=1S/C45H60N10O9/c1-23(2)27-9-7-25(5)15-42(27,17-31-35(56)37(58)44(19-46,61-31)33-13-11-29-39(48)50-21-52-54(29)33)63-41(60)64-43(16-26(6)8-10-28(43)24(3)4)18-32-36(57)38(59)45(20-47,62-32)34-14-12-30-40(49)51-22-53-55(30)34/h11-14,21-28,31-32,35-38,56-59H,7-10,15-18H2,1-6H3,(H2,48,50,52)(H2,49,51,53)/t25-,26-,27+,28+,31-,32-,35-,36-,37-,38-,42-,43-,44+,45+/m1/s1. The van der Waals surface area contributed by atoms with Gasteiger partial charge in [-0.2, -0.15) is 20.7 Å². The van der Waals surface area contributed by atoms with E-state index < -0.39 is 65.2 Å². The van der Waals surface area contributed by atoms with Crippen molar-refractivity contribution in [1.29, 1.82) is 10.5 Å². The van der Waals surface area contributed by atoms with Crippen molar-refractivity contribution in [3.63, 3.8) is 0 Å². The summed E-state index contributed by atoms with van der Waals surface area (Å²) in [4.78, 5) is 23.0. The highest BCUT2D eigenvalue weighted by atomic mass is 16.7. The zero-order valence-corrected chi connectivity index (χ0v) is 37.1. The van der Waals surface area contributed by atoms with Gasteiger partial charge in [0.2, 0.25) is 11.2 Å². The lowest BCUT2D eigenvalue weighted by molar-refractivity contribution is -0.183. The number of nitrogen functional groups attached to an aromatic ring is 2. The van der Waals surface area contributed by atoms with Crippen LogP contribution < -0.4 is 11.5 Å². The molecular formula is C45H60N10O9. The number of aliphatic hydroxyl groups is 4. The minimum Gasteiger partial charge on any atom is -0.427 e. The molecule has 2 saturated heterocycles. The third-order valence-corrected chi connectivity index (χ3v) is 14.9. The van der Waals surface area contributed by atoms with E-state index in [4.69, 9.17) is 30.4 Å². The van der Waals surface area contributed by atoms with Gasteiger partial charge in [0.05, 0.1) is 23.6 Å². The number of nitrogens with zero attached hydrogens (tertiary/aromatic N) is 8. The Balaban J connectivity index is 1.13. The molecule has 2 aliphatic heterocycles. The Morgan fingerprint density at radius 3 is 1.48 bits per heavy atom. The number of anilines is 2. The third-order valence-electron chi connectivity index (χ3n) is 14.9. The molecule has 14 atom stereocenters. The van der Waals surface area contributed by atoms with Crippen molar-refractivity contribution in [3.05, 3.63) is 48.3 Å². The number of nitrogens with two attached hydrogens (primary N) is 2. The molecule has 4 aromatic heterocycles. The fourth-order valence-electron chi connectivity index (χ4n) is 12.0. The second kappa shape index (κ2) is 16.7. The van der Waals surface area contributed by atoms with E-state index in [-0.39, 0.29) is 71.4 Å². The van der Waals surface area contributed by atoms with Crippen LogP contribution in [-0.2, 0) is 30.1 Å². The SMILES string of the molecule is CC(C)[C@@H]1CC[C@@H](C)C[C@]1(C[C@H]1O[C@@](C#N)(c2ccc3c(N)ncnn23)[C@H](O)[C@@H]1O)OC(=O)O[C@@]1(C[C@H]2O[C@@](C#N)(c3ccc4c(N)ncnn34)[C@H](O)[C@@H]2O)C[C@H](C)CC[C@H]1C(C)C. The average molecular weight is 885 g/mol. The number of fused-ring (bicyclic) bond motifs is 2. The van der Waals surface area contributed by atoms with Gasteiger partial charge < -0.3 is 50.8 Å². The lowest BCUT2D eigenvalue weighted by Crippen LogP contribution is -2.55. The second-order valence-electron chi connectivity index (χ2n) is 19.7. The van der Waals surface area contributed by atoms with Gasteiger partial charge in [-0.1, -0.05) is 54.4 Å². The van der Waals surface area contributed by atoms with Gasteiger partial charge in [-0.05, 0) is 73.6 Å². The molecule has 4 aliphatic rings. The lowest BCUT2D eigenvalue weighted by Gasteiger charge is -2.51. The first-order chi connectivity index (χ1) is 30.4. The first-order valence-corrected chi connectivity index (χ1v) is 22.4. The van der Waals surface area contributed by atoms with E-state index in [2.05, 4.69) is 46.2 Å². The number of hydrogen-bond acceptors (Lipinski definition) is 17. The maximum atomic E-state index is 15.0. The Morgan fingerprint density at radius 1 is 0.734 bits per heavy atom. The predicted molar refractivity (Wildman–Crippen MR) is 228 cm³/mol. The van der Waals surface area contributed by atoms with Crippen LogP contribution >= 0.6 is 0 Å². The van der Waals surface area contributed by atoms with Gasteiger partial charge in [-0.15, -0.1) is 0 Å². The minimum absolute atomic E-state index is 0.0146. The highest BCUT2D eigenvalue weighted by Gasteiger charge is 2.63. The number of rotatable bonds is 10. The molecule has 4 aromatic rings. The van der Waals surface area contributed by atoms with E-state index in [1.54, 1.807) is 24.3 Å². The van der Waals surface area contributed by atoms with E-state index in [9.17, 15) is 35.7 Å². The van der Waals surface area contributed by atoms with Gasteiger partial charge in [-0.3, -0.25) is 0 Å². The van der Waals surface area contributed by atoms with Crippen LogP contribution in [0.3, 0.4) is 0 Å². The van der Waals surface area contributed by atoms with Crippen molar-refractivity contribution < 1.29 is 44.2 Å². The number of carbonyl (C=O) groups is 1. The lowest BCUT2D eigenvalue weighted by atomic mass is 9.64. The number of nitriles is 2. The molecule has 0 spiro atoms. The largest absolute Gasteiger partial charge is 0.509 e. The summed E-state index contributed by atoms with van der Waals surface area (Å²) in [6.45, 7) is 12.3. The average Bonchev–Trinajstić information content (AvgIpc) is 3.99. The molecular weight excluding hydrogens is 825 g/mol. The van der Waals surface area contributed by atoms with Crippen LogP contribution in [0.25, 0.3) is 11.0 Å². The number of carbonyl (C=O) groups excluding carboxylic acids is 1. The maximum Gasteiger partial charge on any atom is 0.509 e. The van der Waals surface area contributed by atoms with Crippen molar-refractivity contribution >= 4 is 28.8 Å². The van der Waals surface area contributed by atoms with Gasteiger partial charge >= 0.3 is 6.16 Å². The summed E-state index contributed by atoms with van der Waals surface area (Å²) in [5.41, 5.74) is 6.53. The van der Waals surface area contributed by atoms with Crippen molar-refractivity contribution in [2.45, 2.75) is 152 Å².